The molecule has 2 aromatic heterocycles. The first-order chi connectivity index (χ1) is 14.4. The van der Waals surface area contributed by atoms with Gasteiger partial charge in [0.05, 0.1) is 16.3 Å². The molecule has 6 nitrogen and oxygen atoms in total. The Labute approximate surface area is 176 Å². The van der Waals surface area contributed by atoms with E-state index in [1.54, 1.807) is 31.2 Å². The van der Waals surface area contributed by atoms with Gasteiger partial charge in [-0.15, -0.1) is 10.2 Å². The van der Waals surface area contributed by atoms with Crippen LogP contribution in [0.5, 0.6) is 5.75 Å². The van der Waals surface area contributed by atoms with Crippen LogP contribution in [-0.2, 0) is 6.61 Å². The summed E-state index contributed by atoms with van der Waals surface area (Å²) in [4.78, 5) is 4.38. The number of hydrogen-bond acceptors (Lipinski definition) is 6. The summed E-state index contributed by atoms with van der Waals surface area (Å²) in [6.07, 6.45) is 0. The first kappa shape index (κ1) is 20.3. The number of nitrogens with zero attached hydrogens (tertiary/aromatic N) is 4. The van der Waals surface area contributed by atoms with Crippen LogP contribution in [0.3, 0.4) is 0 Å². The number of benzene rings is 2. The van der Waals surface area contributed by atoms with Crippen molar-refractivity contribution in [2.45, 2.75) is 44.4 Å². The van der Waals surface area contributed by atoms with Gasteiger partial charge in [-0.3, -0.25) is 4.57 Å². The summed E-state index contributed by atoms with van der Waals surface area (Å²) in [6.45, 7) is 3.16. The van der Waals surface area contributed by atoms with E-state index in [2.05, 4.69) is 15.2 Å². The second kappa shape index (κ2) is 8.43. The monoisotopic (exact) mass is 430 g/mol. The van der Waals surface area contributed by atoms with E-state index in [0.29, 0.717) is 16.9 Å². The van der Waals surface area contributed by atoms with Gasteiger partial charge in [0.15, 0.2) is 6.61 Å². The Kier molecular flexibility index (Phi) is 5.72. The van der Waals surface area contributed by atoms with Crippen LogP contribution in [0.2, 0.25) is 0 Å². The summed E-state index contributed by atoms with van der Waals surface area (Å²) in [5.41, 5.74) is 3.01. The van der Waals surface area contributed by atoms with E-state index in [-0.39, 0.29) is 17.7 Å². The van der Waals surface area contributed by atoms with Crippen molar-refractivity contribution in [3.63, 3.8) is 0 Å². The van der Waals surface area contributed by atoms with Crippen LogP contribution in [0.1, 0.15) is 41.6 Å². The molecule has 4 rings (SSSR count). The van der Waals surface area contributed by atoms with E-state index in [1.807, 2.05) is 32.0 Å². The van der Waals surface area contributed by atoms with Crippen LogP contribution < -0.4 is 4.74 Å². The Bertz CT molecular complexity index is 1170. The van der Waals surface area contributed by atoms with E-state index in [4.69, 9.17) is 9.15 Å². The molecule has 1 atom stereocenters. The summed E-state index contributed by atoms with van der Waals surface area (Å²) in [5.74, 6) is 1.32. The number of aromatic nitrogens is 4. The molecular formula is C21H20F2N4O2S. The highest BCUT2D eigenvalue weighted by atomic mass is 32.2. The molecule has 0 spiro atoms. The van der Waals surface area contributed by atoms with Gasteiger partial charge in [-0.05, 0) is 50.1 Å². The minimum atomic E-state index is -2.69. The third-order valence-electron chi connectivity index (χ3n) is 4.60. The zero-order valence-electron chi connectivity index (χ0n) is 16.7. The van der Waals surface area contributed by atoms with Crippen molar-refractivity contribution >= 4 is 22.8 Å². The fraction of sp³-hybridized carbons (Fsp3) is 0.286. The normalized spacial score (nSPS) is 12.6. The van der Waals surface area contributed by atoms with Crippen molar-refractivity contribution in [2.75, 3.05) is 0 Å². The smallest absolute Gasteiger partial charge is 0.320 e. The molecule has 9 heteroatoms. The Balaban J connectivity index is 1.48. The number of alkyl halides is 2. The zero-order chi connectivity index (χ0) is 21.3. The van der Waals surface area contributed by atoms with Crippen LogP contribution in [0.15, 0.2) is 52.1 Å². The van der Waals surface area contributed by atoms with Crippen LogP contribution in [0.4, 0.5) is 8.78 Å². The molecule has 156 valence electrons. The Hall–Kier alpha value is -2.94. The molecule has 30 heavy (non-hydrogen) atoms. The summed E-state index contributed by atoms with van der Waals surface area (Å²) in [7, 11) is 0. The van der Waals surface area contributed by atoms with Crippen molar-refractivity contribution in [1.82, 2.24) is 19.7 Å². The quantitative estimate of drug-likeness (QED) is 0.342. The molecule has 0 amide bonds. The second-order valence-corrected chi connectivity index (χ2v) is 8.18. The summed E-state index contributed by atoms with van der Waals surface area (Å²) in [6, 6.07) is 12.8. The number of fused-ring (bicyclic) bond motifs is 1. The van der Waals surface area contributed by atoms with Gasteiger partial charge in [0, 0.05) is 0 Å². The number of rotatable bonds is 7. The van der Waals surface area contributed by atoms with E-state index in [1.165, 1.54) is 11.8 Å². The lowest BCUT2D eigenvalue weighted by Gasteiger charge is -2.12. The first-order valence-corrected chi connectivity index (χ1v) is 10.2. The third kappa shape index (κ3) is 4.16. The molecule has 0 aliphatic heterocycles. The van der Waals surface area contributed by atoms with Crippen molar-refractivity contribution in [3.05, 3.63) is 65.3 Å². The van der Waals surface area contributed by atoms with Crippen molar-refractivity contribution < 1.29 is 17.9 Å². The minimum Gasteiger partial charge on any atom is -0.484 e. The standard InChI is InChI=1S/C21H20F2N4O2S/c1-12-8-9-13(2)17(10-12)28-11-18-25-26-21(29-18)30-14(3)19-24-15-6-4-5-7-16(15)27(19)20(22)23/h4-10,14,20H,11H2,1-3H3/t14-/m1/s1. The predicted molar refractivity (Wildman–Crippen MR) is 110 cm³/mol. The third-order valence-corrected chi connectivity index (χ3v) is 5.53. The fourth-order valence-electron chi connectivity index (χ4n) is 3.11. The summed E-state index contributed by atoms with van der Waals surface area (Å²) < 4.78 is 39.7. The van der Waals surface area contributed by atoms with Gasteiger partial charge in [0.2, 0.25) is 0 Å². The lowest BCUT2D eigenvalue weighted by atomic mass is 10.1. The van der Waals surface area contributed by atoms with Gasteiger partial charge in [0.25, 0.3) is 11.1 Å². The van der Waals surface area contributed by atoms with E-state index in [0.717, 1.165) is 21.4 Å². The van der Waals surface area contributed by atoms with Crippen LogP contribution in [0.25, 0.3) is 11.0 Å². The average molecular weight is 430 g/mol. The van der Waals surface area contributed by atoms with E-state index >= 15 is 0 Å². The number of thioether (sulfide) groups is 1. The van der Waals surface area contributed by atoms with Crippen molar-refractivity contribution in [1.29, 1.82) is 0 Å². The minimum absolute atomic E-state index is 0.127. The lowest BCUT2D eigenvalue weighted by molar-refractivity contribution is 0.0715. The highest BCUT2D eigenvalue weighted by Gasteiger charge is 2.24. The topological polar surface area (TPSA) is 66.0 Å². The number of ether oxygens (including phenoxy) is 1. The SMILES string of the molecule is Cc1ccc(C)c(OCc2nnc(S[C@H](C)c3nc4ccccc4n3C(F)F)o2)c1. The molecule has 0 saturated carbocycles. The molecule has 0 fully saturated rings. The molecule has 2 heterocycles. The highest BCUT2D eigenvalue weighted by molar-refractivity contribution is 7.99. The van der Waals surface area contributed by atoms with Gasteiger partial charge in [0.1, 0.15) is 11.6 Å². The Morgan fingerprint density at radius 2 is 1.93 bits per heavy atom. The van der Waals surface area contributed by atoms with Crippen molar-refractivity contribution in [3.8, 4) is 5.75 Å². The Morgan fingerprint density at radius 1 is 1.13 bits per heavy atom. The first-order valence-electron chi connectivity index (χ1n) is 9.36. The average Bonchev–Trinajstić information content (AvgIpc) is 3.33. The molecule has 0 unspecified atom stereocenters. The molecule has 0 aliphatic carbocycles. The van der Waals surface area contributed by atoms with Gasteiger partial charge in [-0.25, -0.2) is 4.98 Å². The van der Waals surface area contributed by atoms with Crippen LogP contribution >= 0.6 is 11.8 Å². The van der Waals surface area contributed by atoms with Gasteiger partial charge < -0.3 is 9.15 Å². The van der Waals surface area contributed by atoms with Gasteiger partial charge in [-0.1, -0.05) is 36.0 Å². The Morgan fingerprint density at radius 3 is 2.73 bits per heavy atom. The fourth-order valence-corrected chi connectivity index (χ4v) is 3.91. The summed E-state index contributed by atoms with van der Waals surface area (Å²) in [5, 5.41) is 7.85. The maximum absolute atomic E-state index is 13.7. The van der Waals surface area contributed by atoms with E-state index < -0.39 is 11.8 Å². The molecule has 0 radical (unpaired) electrons. The van der Waals surface area contributed by atoms with Crippen LogP contribution in [0, 0.1) is 13.8 Å². The number of para-hydroxylation sites is 2. The molecule has 0 N–H and O–H groups in total. The van der Waals surface area contributed by atoms with E-state index in [9.17, 15) is 8.78 Å². The summed E-state index contributed by atoms with van der Waals surface area (Å²) >= 11 is 1.18. The molecule has 2 aromatic carbocycles. The molecular weight excluding hydrogens is 410 g/mol. The predicted octanol–water partition coefficient (Wildman–Crippen LogP) is 5.86. The van der Waals surface area contributed by atoms with Crippen LogP contribution in [-0.4, -0.2) is 19.7 Å². The maximum Gasteiger partial charge on any atom is 0.320 e. The number of aryl methyl sites for hydroxylation is 2. The molecule has 0 saturated heterocycles. The number of halogens is 2. The molecule has 0 bridgehead atoms. The highest BCUT2D eigenvalue weighted by Crippen LogP contribution is 2.37. The van der Waals surface area contributed by atoms with Gasteiger partial charge in [-0.2, -0.15) is 8.78 Å². The van der Waals surface area contributed by atoms with Gasteiger partial charge >= 0.3 is 6.55 Å². The zero-order valence-corrected chi connectivity index (χ0v) is 17.5. The second-order valence-electron chi connectivity index (χ2n) is 6.89. The molecule has 4 aromatic rings. The lowest BCUT2D eigenvalue weighted by Crippen LogP contribution is -2.06. The maximum atomic E-state index is 13.7. The molecule has 0 aliphatic rings. The number of hydrogen-bond donors (Lipinski definition) is 0. The van der Waals surface area contributed by atoms with Crippen molar-refractivity contribution in [2.24, 2.45) is 0 Å². The number of imidazole rings is 1. The largest absolute Gasteiger partial charge is 0.484 e.